The summed E-state index contributed by atoms with van der Waals surface area (Å²) in [6.45, 7) is 3.73. The lowest BCUT2D eigenvalue weighted by molar-refractivity contribution is 0.601. The molecule has 0 heterocycles. The van der Waals surface area contributed by atoms with Gasteiger partial charge in [0.2, 0.25) is 0 Å². The van der Waals surface area contributed by atoms with Crippen molar-refractivity contribution in [1.29, 1.82) is 0 Å². The number of halogens is 2. The van der Waals surface area contributed by atoms with E-state index < -0.39 is 10.0 Å². The van der Waals surface area contributed by atoms with Crippen LogP contribution in [0, 0.1) is 6.92 Å². The van der Waals surface area contributed by atoms with Crippen molar-refractivity contribution >= 4 is 38.9 Å². The molecule has 0 spiro atoms. The lowest BCUT2D eigenvalue weighted by Gasteiger charge is -2.10. The first-order valence-corrected chi connectivity index (χ1v) is 7.53. The Hall–Kier alpha value is -1.23. The molecule has 0 saturated carbocycles. The minimum atomic E-state index is -3.77. The summed E-state index contributed by atoms with van der Waals surface area (Å²) in [6, 6.07) is 11.1. The van der Waals surface area contributed by atoms with Crippen LogP contribution in [0.5, 0.6) is 0 Å². The Morgan fingerprint density at radius 3 is 2.26 bits per heavy atom. The average Bonchev–Trinajstić information content (AvgIpc) is 2.35. The molecule has 0 amide bonds. The molecule has 19 heavy (non-hydrogen) atoms. The second-order valence-corrected chi connectivity index (χ2v) is 6.29. The topological polar surface area (TPSA) is 46.2 Å². The minimum absolute atomic E-state index is 0.00504. The van der Waals surface area contributed by atoms with E-state index in [4.69, 9.17) is 23.2 Å². The summed E-state index contributed by atoms with van der Waals surface area (Å²) >= 11 is 11.7. The Labute approximate surface area is 122 Å². The third-order valence-corrected chi connectivity index (χ3v) is 4.77. The highest BCUT2D eigenvalue weighted by molar-refractivity contribution is 7.92. The Morgan fingerprint density at radius 2 is 1.63 bits per heavy atom. The van der Waals surface area contributed by atoms with Crippen molar-refractivity contribution in [2.24, 2.45) is 0 Å². The zero-order chi connectivity index (χ0) is 14.0. The Kier molecular flexibility index (Phi) is 4.04. The zero-order valence-corrected chi connectivity index (χ0v) is 12.1. The summed E-state index contributed by atoms with van der Waals surface area (Å²) < 4.78 is 26.8. The highest BCUT2D eigenvalue weighted by Gasteiger charge is 2.19. The van der Waals surface area contributed by atoms with Crippen LogP contribution >= 0.6 is 23.2 Å². The van der Waals surface area contributed by atoms with E-state index in [1.165, 1.54) is 18.2 Å². The van der Waals surface area contributed by atoms with Gasteiger partial charge in [0.15, 0.2) is 0 Å². The summed E-state index contributed by atoms with van der Waals surface area (Å²) in [5.41, 5.74) is 1.23. The Morgan fingerprint density at radius 1 is 1.00 bits per heavy atom. The van der Waals surface area contributed by atoms with Gasteiger partial charge in [-0.2, -0.15) is 0 Å². The molecule has 3 nitrogen and oxygen atoms in total. The van der Waals surface area contributed by atoms with Crippen molar-refractivity contribution < 1.29 is 8.42 Å². The number of rotatable bonds is 3. The molecular formula is C13H10Cl2NO2S. The standard InChI is InChI=1S/C13H10Cl2NO2S/c1-9-5-7-10(8-6-9)16-19(17,18)12-4-2-3-11(14)13(12)15/h2-8,16H,1H2. The first-order chi connectivity index (χ1) is 8.90. The molecule has 0 aliphatic rings. The number of sulfonamides is 1. The molecular weight excluding hydrogens is 305 g/mol. The van der Waals surface area contributed by atoms with E-state index in [9.17, 15) is 8.42 Å². The monoisotopic (exact) mass is 314 g/mol. The van der Waals surface area contributed by atoms with E-state index in [2.05, 4.69) is 11.6 Å². The molecule has 0 aliphatic carbocycles. The van der Waals surface area contributed by atoms with Gasteiger partial charge in [-0.25, -0.2) is 8.42 Å². The summed E-state index contributed by atoms with van der Waals surface area (Å²) in [6.07, 6.45) is 0. The molecule has 2 aromatic carbocycles. The first-order valence-electron chi connectivity index (χ1n) is 5.29. The summed E-state index contributed by atoms with van der Waals surface area (Å²) in [7, 11) is -3.77. The SMILES string of the molecule is [CH2]c1ccc(NS(=O)(=O)c2cccc(Cl)c2Cl)cc1. The van der Waals surface area contributed by atoms with E-state index in [-0.39, 0.29) is 14.9 Å². The summed E-state index contributed by atoms with van der Waals surface area (Å²) in [5, 5.41) is 0.197. The van der Waals surface area contributed by atoms with Gasteiger partial charge in [0, 0.05) is 5.69 Å². The number of anilines is 1. The highest BCUT2D eigenvalue weighted by atomic mass is 35.5. The fourth-order valence-corrected chi connectivity index (χ4v) is 3.30. The fourth-order valence-electron chi connectivity index (χ4n) is 1.47. The van der Waals surface area contributed by atoms with Crippen LogP contribution in [0.1, 0.15) is 5.56 Å². The molecule has 2 rings (SSSR count). The molecule has 1 radical (unpaired) electrons. The summed E-state index contributed by atoms with van der Waals surface area (Å²) in [4.78, 5) is -0.0552. The van der Waals surface area contributed by atoms with Gasteiger partial charge in [0.05, 0.1) is 10.0 Å². The van der Waals surface area contributed by atoms with E-state index in [1.54, 1.807) is 24.3 Å². The molecule has 0 fully saturated rings. The third-order valence-electron chi connectivity index (χ3n) is 2.41. The van der Waals surface area contributed by atoms with Crippen molar-refractivity contribution in [1.82, 2.24) is 0 Å². The van der Waals surface area contributed by atoms with Gasteiger partial charge in [-0.15, -0.1) is 0 Å². The molecule has 0 saturated heterocycles. The van der Waals surface area contributed by atoms with Crippen LogP contribution in [-0.4, -0.2) is 8.42 Å². The van der Waals surface area contributed by atoms with Gasteiger partial charge in [-0.05, 0) is 36.8 Å². The van der Waals surface area contributed by atoms with Gasteiger partial charge < -0.3 is 0 Å². The van der Waals surface area contributed by atoms with Gasteiger partial charge in [-0.1, -0.05) is 41.4 Å². The number of hydrogen-bond donors (Lipinski definition) is 1. The van der Waals surface area contributed by atoms with Crippen LogP contribution in [0.4, 0.5) is 5.69 Å². The maximum absolute atomic E-state index is 12.2. The number of nitrogens with one attached hydrogen (secondary N) is 1. The molecule has 0 aromatic heterocycles. The Bertz CT molecular complexity index is 697. The number of benzene rings is 2. The smallest absolute Gasteiger partial charge is 0.263 e. The maximum Gasteiger partial charge on any atom is 0.263 e. The fraction of sp³-hybridized carbons (Fsp3) is 0. The van der Waals surface area contributed by atoms with E-state index in [0.29, 0.717) is 5.69 Å². The Balaban J connectivity index is 2.38. The van der Waals surface area contributed by atoms with Crippen LogP contribution in [0.3, 0.4) is 0 Å². The lowest BCUT2D eigenvalue weighted by atomic mass is 10.2. The van der Waals surface area contributed by atoms with Crippen molar-refractivity contribution in [3.05, 3.63) is 65.0 Å². The predicted octanol–water partition coefficient (Wildman–Crippen LogP) is 3.98. The molecule has 0 unspecified atom stereocenters. The molecule has 1 N–H and O–H groups in total. The molecule has 0 bridgehead atoms. The van der Waals surface area contributed by atoms with Crippen molar-refractivity contribution in [2.75, 3.05) is 4.72 Å². The van der Waals surface area contributed by atoms with Crippen LogP contribution < -0.4 is 4.72 Å². The lowest BCUT2D eigenvalue weighted by Crippen LogP contribution is -2.13. The summed E-state index contributed by atoms with van der Waals surface area (Å²) in [5.74, 6) is 0. The number of hydrogen-bond acceptors (Lipinski definition) is 2. The molecule has 99 valence electrons. The van der Waals surface area contributed by atoms with Gasteiger partial charge in [-0.3, -0.25) is 4.72 Å². The molecule has 2 aromatic rings. The van der Waals surface area contributed by atoms with Crippen LogP contribution in [-0.2, 0) is 10.0 Å². The largest absolute Gasteiger partial charge is 0.280 e. The predicted molar refractivity (Wildman–Crippen MR) is 78.2 cm³/mol. The highest BCUT2D eigenvalue weighted by Crippen LogP contribution is 2.30. The van der Waals surface area contributed by atoms with E-state index in [1.807, 2.05) is 0 Å². The molecule has 0 atom stereocenters. The molecule has 6 heteroatoms. The minimum Gasteiger partial charge on any atom is -0.280 e. The van der Waals surface area contributed by atoms with Crippen molar-refractivity contribution in [3.63, 3.8) is 0 Å². The maximum atomic E-state index is 12.2. The molecule has 0 aliphatic heterocycles. The van der Waals surface area contributed by atoms with Gasteiger partial charge >= 0.3 is 0 Å². The average molecular weight is 315 g/mol. The first kappa shape index (κ1) is 14.2. The van der Waals surface area contributed by atoms with Gasteiger partial charge in [0.25, 0.3) is 10.0 Å². The quantitative estimate of drug-likeness (QED) is 0.931. The normalized spacial score (nSPS) is 11.3. The van der Waals surface area contributed by atoms with Crippen molar-refractivity contribution in [3.8, 4) is 0 Å². The second-order valence-electron chi connectivity index (χ2n) is 3.85. The van der Waals surface area contributed by atoms with Crippen LogP contribution in [0.15, 0.2) is 47.4 Å². The van der Waals surface area contributed by atoms with Crippen LogP contribution in [0.2, 0.25) is 10.0 Å². The van der Waals surface area contributed by atoms with E-state index >= 15 is 0 Å². The van der Waals surface area contributed by atoms with Gasteiger partial charge in [0.1, 0.15) is 4.90 Å². The second kappa shape index (κ2) is 5.41. The van der Waals surface area contributed by atoms with E-state index in [0.717, 1.165) is 5.56 Å². The van der Waals surface area contributed by atoms with Crippen molar-refractivity contribution in [2.45, 2.75) is 4.90 Å². The zero-order valence-electron chi connectivity index (χ0n) is 9.73. The van der Waals surface area contributed by atoms with Crippen LogP contribution in [0.25, 0.3) is 0 Å². The third kappa shape index (κ3) is 3.21.